The second kappa shape index (κ2) is 10.9. The van der Waals surface area contributed by atoms with Gasteiger partial charge in [-0.2, -0.15) is 18.2 Å². The number of benzene rings is 2. The molecule has 0 saturated heterocycles. The molecule has 186 valence electrons. The van der Waals surface area contributed by atoms with E-state index in [4.69, 9.17) is 9.47 Å². The van der Waals surface area contributed by atoms with Gasteiger partial charge in [0.05, 0.1) is 12.7 Å². The first-order chi connectivity index (χ1) is 17.3. The molecule has 0 unspecified atom stereocenters. The fraction of sp³-hybridized carbons (Fsp3) is 0.200. The largest absolute Gasteiger partial charge is 0.467 e. The van der Waals surface area contributed by atoms with Gasteiger partial charge in [0.1, 0.15) is 11.5 Å². The number of anilines is 1. The number of halogens is 3. The van der Waals surface area contributed by atoms with Gasteiger partial charge in [-0.05, 0) is 47.9 Å². The normalized spacial score (nSPS) is 11.2. The highest BCUT2D eigenvalue weighted by molar-refractivity contribution is 5.36. The molecular weight excluding hydrogens is 475 g/mol. The van der Waals surface area contributed by atoms with E-state index in [0.717, 1.165) is 23.3 Å². The second-order valence-corrected chi connectivity index (χ2v) is 7.78. The number of nitrogens with zero attached hydrogens (tertiary/aromatic N) is 3. The van der Waals surface area contributed by atoms with Crippen molar-refractivity contribution in [3.05, 3.63) is 99.7 Å². The van der Waals surface area contributed by atoms with E-state index in [1.54, 1.807) is 30.7 Å². The zero-order valence-electron chi connectivity index (χ0n) is 19.2. The van der Waals surface area contributed by atoms with Crippen LogP contribution in [0.1, 0.15) is 22.3 Å². The quantitative estimate of drug-likeness (QED) is 0.348. The zero-order valence-corrected chi connectivity index (χ0v) is 19.2. The van der Waals surface area contributed by atoms with E-state index in [2.05, 4.69) is 25.3 Å². The van der Waals surface area contributed by atoms with Crippen LogP contribution in [0.2, 0.25) is 0 Å². The number of hydrogen-bond donors (Lipinski definition) is 2. The van der Waals surface area contributed by atoms with Gasteiger partial charge in [0, 0.05) is 37.1 Å². The van der Waals surface area contributed by atoms with E-state index < -0.39 is 11.7 Å². The summed E-state index contributed by atoms with van der Waals surface area (Å²) >= 11 is 0. The molecule has 0 amide bonds. The lowest BCUT2D eigenvalue weighted by atomic mass is 10.1. The maximum Gasteiger partial charge on any atom is 0.416 e. The van der Waals surface area contributed by atoms with Crippen LogP contribution >= 0.6 is 0 Å². The van der Waals surface area contributed by atoms with Crippen molar-refractivity contribution in [3.8, 4) is 17.5 Å². The molecule has 0 spiro atoms. The Morgan fingerprint density at radius 3 is 2.42 bits per heavy atom. The molecule has 8 nitrogen and oxygen atoms in total. The minimum Gasteiger partial charge on any atom is -0.467 e. The average molecular weight is 497 g/mol. The molecule has 0 aliphatic rings. The van der Waals surface area contributed by atoms with Crippen LogP contribution in [0, 0.1) is 0 Å². The van der Waals surface area contributed by atoms with E-state index in [1.807, 2.05) is 12.1 Å². The number of alkyl halides is 3. The Labute approximate surface area is 204 Å². The lowest BCUT2D eigenvalue weighted by Gasteiger charge is -2.10. The molecule has 0 bridgehead atoms. The molecule has 2 heterocycles. The molecule has 2 aromatic heterocycles. The first-order valence-corrected chi connectivity index (χ1v) is 10.9. The smallest absolute Gasteiger partial charge is 0.416 e. The summed E-state index contributed by atoms with van der Waals surface area (Å²) < 4.78 is 49.0. The predicted molar refractivity (Wildman–Crippen MR) is 126 cm³/mol. The van der Waals surface area contributed by atoms with Crippen molar-refractivity contribution in [1.29, 1.82) is 0 Å². The summed E-state index contributed by atoms with van der Waals surface area (Å²) in [6.07, 6.45) is 1.31. The molecule has 0 radical (unpaired) electrons. The van der Waals surface area contributed by atoms with Gasteiger partial charge in [-0.25, -0.2) is 9.97 Å². The fourth-order valence-corrected chi connectivity index (χ4v) is 3.32. The molecule has 2 N–H and O–H groups in total. The number of nitrogens with one attached hydrogen (secondary N) is 2. The van der Waals surface area contributed by atoms with E-state index in [1.165, 1.54) is 19.2 Å². The van der Waals surface area contributed by atoms with Crippen LogP contribution in [-0.2, 0) is 19.0 Å². The summed E-state index contributed by atoms with van der Waals surface area (Å²) in [5.41, 5.74) is 1.08. The Bertz CT molecular complexity index is 1360. The summed E-state index contributed by atoms with van der Waals surface area (Å²) in [7, 11) is 1.48. The van der Waals surface area contributed by atoms with Crippen LogP contribution < -0.4 is 20.3 Å². The van der Waals surface area contributed by atoms with Crippen molar-refractivity contribution >= 4 is 5.95 Å². The number of methoxy groups -OCH3 is 1. The fourth-order valence-electron chi connectivity index (χ4n) is 3.32. The van der Waals surface area contributed by atoms with Crippen molar-refractivity contribution in [2.24, 2.45) is 0 Å². The van der Waals surface area contributed by atoms with Gasteiger partial charge >= 0.3 is 12.2 Å². The summed E-state index contributed by atoms with van der Waals surface area (Å²) in [6.45, 7) is 0.502. The van der Waals surface area contributed by atoms with Crippen LogP contribution in [0.25, 0.3) is 0 Å². The number of hydrogen-bond acceptors (Lipinski definition) is 7. The molecule has 36 heavy (non-hydrogen) atoms. The minimum absolute atomic E-state index is 0.109. The second-order valence-electron chi connectivity index (χ2n) is 7.78. The molecule has 4 aromatic rings. The van der Waals surface area contributed by atoms with Crippen LogP contribution in [0.15, 0.2) is 71.9 Å². The molecule has 11 heteroatoms. The summed E-state index contributed by atoms with van der Waals surface area (Å²) in [5, 5.41) is 3.07. The monoisotopic (exact) mass is 497 g/mol. The van der Waals surface area contributed by atoms with E-state index in [-0.39, 0.29) is 17.3 Å². The van der Waals surface area contributed by atoms with Gasteiger partial charge in [0.25, 0.3) is 5.56 Å². The van der Waals surface area contributed by atoms with Gasteiger partial charge in [-0.1, -0.05) is 18.2 Å². The molecule has 0 saturated carbocycles. The zero-order chi connectivity index (χ0) is 25.5. The number of aromatic amines is 1. The van der Waals surface area contributed by atoms with Gasteiger partial charge in [-0.3, -0.25) is 4.79 Å². The summed E-state index contributed by atoms with van der Waals surface area (Å²) in [5.74, 6) is 0.881. The first-order valence-electron chi connectivity index (χ1n) is 10.9. The molecule has 0 fully saturated rings. The maximum absolute atomic E-state index is 12.9. The van der Waals surface area contributed by atoms with Gasteiger partial charge in [-0.15, -0.1) is 0 Å². The van der Waals surface area contributed by atoms with Crippen LogP contribution in [-0.4, -0.2) is 33.6 Å². The predicted octanol–water partition coefficient (Wildman–Crippen LogP) is 4.63. The Hall–Kier alpha value is -4.41. The lowest BCUT2D eigenvalue weighted by molar-refractivity contribution is -0.137. The Morgan fingerprint density at radius 1 is 1.00 bits per heavy atom. The maximum atomic E-state index is 12.9. The Balaban J connectivity index is 1.28. The highest BCUT2D eigenvalue weighted by Gasteiger charge is 2.30. The topological polar surface area (TPSA) is 102 Å². The van der Waals surface area contributed by atoms with Crippen molar-refractivity contribution in [2.45, 2.75) is 19.0 Å². The van der Waals surface area contributed by atoms with Crippen molar-refractivity contribution in [3.63, 3.8) is 0 Å². The van der Waals surface area contributed by atoms with Crippen molar-refractivity contribution in [1.82, 2.24) is 19.9 Å². The molecular formula is C25H22F3N5O3. The van der Waals surface area contributed by atoms with E-state index in [0.29, 0.717) is 36.6 Å². The molecule has 4 rings (SSSR count). The minimum atomic E-state index is -4.43. The average Bonchev–Trinajstić information content (AvgIpc) is 2.87. The van der Waals surface area contributed by atoms with Crippen molar-refractivity contribution in [2.75, 3.05) is 19.0 Å². The number of aromatic nitrogens is 4. The SMILES string of the molecule is COc1ncc(Cc2c[nH]c(NCCc3ccc(Oc4cccc(C(F)(F)F)c4)cc3)nc2=O)cn1. The third-order valence-electron chi connectivity index (χ3n) is 5.16. The van der Waals surface area contributed by atoms with Gasteiger partial charge in [0.2, 0.25) is 5.95 Å². The first kappa shape index (κ1) is 24.7. The van der Waals surface area contributed by atoms with E-state index >= 15 is 0 Å². The number of H-pyrrole nitrogens is 1. The Kier molecular flexibility index (Phi) is 7.47. The van der Waals surface area contributed by atoms with Crippen LogP contribution in [0.4, 0.5) is 19.1 Å². The highest BCUT2D eigenvalue weighted by atomic mass is 19.4. The van der Waals surface area contributed by atoms with E-state index in [9.17, 15) is 18.0 Å². The van der Waals surface area contributed by atoms with Gasteiger partial charge in [0.15, 0.2) is 0 Å². The third-order valence-corrected chi connectivity index (χ3v) is 5.16. The lowest BCUT2D eigenvalue weighted by Crippen LogP contribution is -2.18. The molecule has 0 aliphatic heterocycles. The number of rotatable bonds is 9. The molecule has 2 aromatic carbocycles. The van der Waals surface area contributed by atoms with Crippen LogP contribution in [0.5, 0.6) is 17.5 Å². The standard InChI is InChI=1S/C25H22F3N5O3/c1-35-24-31-13-17(14-32-24)11-18-15-30-23(33-22(18)34)29-10-9-16-5-7-20(8-6-16)36-21-4-2-3-19(12-21)25(26,27)28/h2-8,12-15H,9-11H2,1H3,(H2,29,30,33,34). The summed E-state index contributed by atoms with van der Waals surface area (Å²) in [6, 6.07) is 12.0. The Morgan fingerprint density at radius 2 is 1.75 bits per heavy atom. The van der Waals surface area contributed by atoms with Crippen molar-refractivity contribution < 1.29 is 22.6 Å². The van der Waals surface area contributed by atoms with Gasteiger partial charge < -0.3 is 19.8 Å². The molecule has 0 atom stereocenters. The summed E-state index contributed by atoms with van der Waals surface area (Å²) in [4.78, 5) is 27.4. The highest BCUT2D eigenvalue weighted by Crippen LogP contribution is 2.32. The van der Waals surface area contributed by atoms with Crippen LogP contribution in [0.3, 0.4) is 0 Å². The number of ether oxygens (including phenoxy) is 2. The molecule has 0 aliphatic carbocycles. The third kappa shape index (κ3) is 6.59.